The summed E-state index contributed by atoms with van der Waals surface area (Å²) in [6, 6.07) is 14.4. The maximum atomic E-state index is 11.9. The molecule has 0 aromatic heterocycles. The summed E-state index contributed by atoms with van der Waals surface area (Å²) >= 11 is 1.23. The summed E-state index contributed by atoms with van der Waals surface area (Å²) in [5, 5.41) is 32.7. The van der Waals surface area contributed by atoms with Gasteiger partial charge in [0.05, 0.1) is 65.5 Å². The number of amidine groups is 1. The quantitative estimate of drug-likeness (QED) is 0.293. The van der Waals surface area contributed by atoms with Crippen LogP contribution in [0.2, 0.25) is 0 Å². The van der Waals surface area contributed by atoms with E-state index < -0.39 is 41.6 Å². The lowest BCUT2D eigenvalue weighted by atomic mass is 9.78. The van der Waals surface area contributed by atoms with Gasteiger partial charge in [0.25, 0.3) is 0 Å². The fourth-order valence-corrected chi connectivity index (χ4v) is 6.36. The molecule has 230 valence electrons. The van der Waals surface area contributed by atoms with Crippen LogP contribution in [-0.4, -0.2) is 95.8 Å². The van der Waals surface area contributed by atoms with E-state index in [1.54, 1.807) is 14.2 Å². The van der Waals surface area contributed by atoms with Crippen molar-refractivity contribution in [3.63, 3.8) is 0 Å². The van der Waals surface area contributed by atoms with E-state index in [-0.39, 0.29) is 26.4 Å². The normalized spacial score (nSPS) is 23.0. The van der Waals surface area contributed by atoms with E-state index in [2.05, 4.69) is 0 Å². The number of hydrogen-bond donors (Lipinski definition) is 3. The van der Waals surface area contributed by atoms with Crippen molar-refractivity contribution in [3.05, 3.63) is 59.7 Å². The molecule has 0 aliphatic carbocycles. The van der Waals surface area contributed by atoms with Crippen LogP contribution in [0, 0.1) is 11.8 Å². The first-order chi connectivity index (χ1) is 20.3. The zero-order valence-electron chi connectivity index (χ0n) is 24.1. The van der Waals surface area contributed by atoms with Gasteiger partial charge in [0.2, 0.25) is 0 Å². The Labute approximate surface area is 250 Å². The molecule has 11 nitrogen and oxygen atoms in total. The van der Waals surface area contributed by atoms with Gasteiger partial charge in [-0.25, -0.2) is 4.79 Å². The number of nitrogens with zero attached hydrogens (tertiary/aromatic N) is 2. The van der Waals surface area contributed by atoms with Crippen molar-refractivity contribution < 1.29 is 43.8 Å². The lowest BCUT2D eigenvalue weighted by Gasteiger charge is -2.42. The number of carbonyl (C=O) groups is 1. The molecular formula is C30H40N2O9S. The Morgan fingerprint density at radius 1 is 0.976 bits per heavy atom. The lowest BCUT2D eigenvalue weighted by Crippen LogP contribution is -2.53. The average molecular weight is 605 g/mol. The van der Waals surface area contributed by atoms with Crippen molar-refractivity contribution >= 4 is 23.0 Å². The van der Waals surface area contributed by atoms with Gasteiger partial charge in [-0.15, -0.1) is 0 Å². The summed E-state index contributed by atoms with van der Waals surface area (Å²) in [5.74, 6) is 0.411. The third-order valence-electron chi connectivity index (χ3n) is 7.38. The maximum absolute atomic E-state index is 11.9. The molecule has 1 amide bonds. The predicted molar refractivity (Wildman–Crippen MR) is 158 cm³/mol. The number of fused-ring (bicyclic) bond motifs is 1. The second-order valence-corrected chi connectivity index (χ2v) is 11.3. The van der Waals surface area contributed by atoms with Crippen molar-refractivity contribution in [1.29, 1.82) is 0 Å². The van der Waals surface area contributed by atoms with E-state index in [1.807, 2.05) is 55.5 Å². The Balaban J connectivity index is 1.45. The molecule has 2 heterocycles. The van der Waals surface area contributed by atoms with Crippen LogP contribution in [0.15, 0.2) is 53.5 Å². The molecule has 2 aromatic rings. The minimum absolute atomic E-state index is 0.00294. The van der Waals surface area contributed by atoms with Crippen LogP contribution in [0.1, 0.15) is 24.5 Å². The number of hydrogen-bond acceptors (Lipinski definition) is 10. The second kappa shape index (κ2) is 15.6. The van der Waals surface area contributed by atoms with Gasteiger partial charge >= 0.3 is 6.09 Å². The fraction of sp³-hybridized carbons (Fsp3) is 0.533. The minimum atomic E-state index is -1.09. The molecule has 2 aliphatic rings. The van der Waals surface area contributed by atoms with Crippen molar-refractivity contribution in [2.24, 2.45) is 16.8 Å². The van der Waals surface area contributed by atoms with Crippen molar-refractivity contribution in [3.8, 4) is 11.5 Å². The summed E-state index contributed by atoms with van der Waals surface area (Å²) in [7, 11) is 3.21. The third-order valence-corrected chi connectivity index (χ3v) is 8.57. The van der Waals surface area contributed by atoms with Crippen molar-refractivity contribution in [2.75, 3.05) is 40.6 Å². The summed E-state index contributed by atoms with van der Waals surface area (Å²) in [6.45, 7) is 2.95. The number of methoxy groups -OCH3 is 2. The number of thioether (sulfide) groups is 1. The summed E-state index contributed by atoms with van der Waals surface area (Å²) in [4.78, 5) is 17.8. The number of ether oxygens (including phenoxy) is 5. The Morgan fingerprint density at radius 3 is 2.02 bits per heavy atom. The highest BCUT2D eigenvalue weighted by Gasteiger charge is 2.50. The first-order valence-electron chi connectivity index (χ1n) is 14.0. The summed E-state index contributed by atoms with van der Waals surface area (Å²) in [6.07, 6.45) is -2.42. The van der Waals surface area contributed by atoms with Gasteiger partial charge in [-0.05, 0) is 41.8 Å². The molecular weight excluding hydrogens is 564 g/mol. The van der Waals surface area contributed by atoms with Gasteiger partial charge in [0, 0.05) is 18.4 Å². The van der Waals surface area contributed by atoms with Crippen LogP contribution in [-0.2, 0) is 27.4 Å². The smallest absolute Gasteiger partial charge is 0.413 e. The van der Waals surface area contributed by atoms with Gasteiger partial charge in [-0.3, -0.25) is 9.89 Å². The number of aliphatic hydroxyl groups is 2. The number of aliphatic imine (C=N–C) groups is 1. The number of rotatable bonds is 14. The number of benzene rings is 2. The Bertz CT molecular complexity index is 1160. The maximum Gasteiger partial charge on any atom is 0.413 e. The Hall–Kier alpha value is -2.87. The molecule has 6 atom stereocenters. The van der Waals surface area contributed by atoms with E-state index in [1.165, 1.54) is 16.7 Å². The van der Waals surface area contributed by atoms with Crippen molar-refractivity contribution in [1.82, 2.24) is 4.90 Å². The standard InChI is InChI=1S/C30H40N2O9S/c1-4-13-32(30(35)36)29-31-27-26(25(34)18-40-15-20-7-11-22(38-3)12-8-20)23(16-41-28(27)42-29)24(33)17-39-14-19-5-9-21(37-2)10-6-19/h5-12,23-28,33-34H,4,13-18H2,1-3H3,(H,35,36)/t23-,24?,25?,26-,27+,28+/m0/s1. The predicted octanol–water partition coefficient (Wildman–Crippen LogP) is 3.61. The largest absolute Gasteiger partial charge is 0.497 e. The molecule has 1 saturated heterocycles. The molecule has 42 heavy (non-hydrogen) atoms. The molecule has 4 rings (SSSR count). The van der Waals surface area contributed by atoms with Crippen molar-refractivity contribution in [2.45, 2.75) is 50.2 Å². The van der Waals surface area contributed by atoms with Gasteiger partial charge in [-0.1, -0.05) is 43.0 Å². The SMILES string of the molecule is CCCN(C(=O)O)C1=N[C@@H]2[C@H](C(O)COCc3ccc(OC)cc3)[C@H](C(O)COCc3ccc(OC)cc3)CO[C@@H]2S1. The van der Waals surface area contributed by atoms with E-state index in [0.29, 0.717) is 24.7 Å². The Morgan fingerprint density at radius 2 is 1.52 bits per heavy atom. The van der Waals surface area contributed by atoms with Gasteiger partial charge in [-0.2, -0.15) is 0 Å². The third kappa shape index (κ3) is 8.15. The first-order valence-corrected chi connectivity index (χ1v) is 14.9. The zero-order valence-corrected chi connectivity index (χ0v) is 24.9. The molecule has 0 radical (unpaired) electrons. The molecule has 0 spiro atoms. The van der Waals surface area contributed by atoms with E-state index in [0.717, 1.165) is 22.6 Å². The highest BCUT2D eigenvalue weighted by molar-refractivity contribution is 8.14. The van der Waals surface area contributed by atoms with Gasteiger partial charge < -0.3 is 39.0 Å². The van der Waals surface area contributed by atoms with Gasteiger partial charge in [0.1, 0.15) is 16.9 Å². The zero-order chi connectivity index (χ0) is 30.1. The van der Waals surface area contributed by atoms with E-state index >= 15 is 0 Å². The van der Waals surface area contributed by atoms with Crippen LogP contribution < -0.4 is 9.47 Å². The highest BCUT2D eigenvalue weighted by atomic mass is 32.2. The molecule has 1 fully saturated rings. The number of amides is 1. The fourth-order valence-electron chi connectivity index (χ4n) is 5.15. The number of carboxylic acid groups (broad SMARTS) is 1. The minimum Gasteiger partial charge on any atom is -0.497 e. The highest BCUT2D eigenvalue weighted by Crippen LogP contribution is 2.43. The molecule has 3 N–H and O–H groups in total. The average Bonchev–Trinajstić information content (AvgIpc) is 3.43. The first kappa shape index (κ1) is 32.1. The van der Waals surface area contributed by atoms with Gasteiger partial charge in [0.15, 0.2) is 5.17 Å². The van der Waals surface area contributed by atoms with Crippen LogP contribution in [0.3, 0.4) is 0 Å². The topological polar surface area (TPSA) is 140 Å². The monoisotopic (exact) mass is 604 g/mol. The molecule has 0 saturated carbocycles. The van der Waals surface area contributed by atoms with E-state index in [9.17, 15) is 20.1 Å². The van der Waals surface area contributed by atoms with E-state index in [4.69, 9.17) is 28.7 Å². The Kier molecular flexibility index (Phi) is 11.9. The van der Waals surface area contributed by atoms with Crippen LogP contribution in [0.4, 0.5) is 4.79 Å². The molecule has 12 heteroatoms. The summed E-state index contributed by atoms with van der Waals surface area (Å²) < 4.78 is 28.2. The molecule has 2 aliphatic heterocycles. The van der Waals surface area contributed by atoms with Crippen LogP contribution in [0.25, 0.3) is 0 Å². The molecule has 2 unspecified atom stereocenters. The molecule has 0 bridgehead atoms. The number of aliphatic hydroxyl groups excluding tert-OH is 2. The van der Waals surface area contributed by atoms with Crippen LogP contribution >= 0.6 is 11.8 Å². The summed E-state index contributed by atoms with van der Waals surface area (Å²) in [5.41, 5.74) is 1.37. The second-order valence-electron chi connectivity index (χ2n) is 10.3. The lowest BCUT2D eigenvalue weighted by molar-refractivity contribution is -0.129. The molecule has 2 aromatic carbocycles. The van der Waals surface area contributed by atoms with Crippen LogP contribution in [0.5, 0.6) is 11.5 Å².